The summed E-state index contributed by atoms with van der Waals surface area (Å²) in [6.45, 7) is 3.86. The summed E-state index contributed by atoms with van der Waals surface area (Å²) in [5.74, 6) is -0.529. The Morgan fingerprint density at radius 3 is 2.53 bits per heavy atom. The first-order valence-corrected chi connectivity index (χ1v) is 12.6. The number of benzene rings is 3. The predicted octanol–water partition coefficient (Wildman–Crippen LogP) is 3.72. The Kier molecular flexibility index (Phi) is 6.81. The van der Waals surface area contributed by atoms with E-state index < -0.39 is 22.0 Å². The molecular formula is C26H27N3O4S. The van der Waals surface area contributed by atoms with E-state index in [1.54, 1.807) is 18.2 Å². The molecule has 0 saturated heterocycles. The smallest absolute Gasteiger partial charge is 0.242 e. The zero-order valence-electron chi connectivity index (χ0n) is 19.1. The number of sulfonamides is 1. The third kappa shape index (κ3) is 5.35. The lowest BCUT2D eigenvalue weighted by Gasteiger charge is -2.21. The van der Waals surface area contributed by atoms with Gasteiger partial charge in [0, 0.05) is 17.8 Å². The molecule has 1 aliphatic rings. The summed E-state index contributed by atoms with van der Waals surface area (Å²) in [5, 5.41) is 5.64. The molecule has 34 heavy (non-hydrogen) atoms. The molecule has 3 N–H and O–H groups in total. The van der Waals surface area contributed by atoms with E-state index in [0.29, 0.717) is 24.2 Å². The molecule has 176 valence electrons. The number of amides is 2. The minimum Gasteiger partial charge on any atom is -0.326 e. The van der Waals surface area contributed by atoms with E-state index in [1.807, 2.05) is 56.3 Å². The van der Waals surface area contributed by atoms with Gasteiger partial charge in [0.15, 0.2) is 0 Å². The normalized spacial score (nSPS) is 14.1. The van der Waals surface area contributed by atoms with Crippen LogP contribution in [-0.2, 0) is 32.5 Å². The average Bonchev–Trinajstić information content (AvgIpc) is 2.81. The number of hydrogen-bond acceptors (Lipinski definition) is 4. The van der Waals surface area contributed by atoms with E-state index in [2.05, 4.69) is 15.4 Å². The van der Waals surface area contributed by atoms with Gasteiger partial charge in [-0.2, -0.15) is 4.72 Å². The fourth-order valence-electron chi connectivity index (χ4n) is 3.93. The highest BCUT2D eigenvalue weighted by Gasteiger charge is 2.28. The minimum atomic E-state index is -4.01. The molecule has 8 heteroatoms. The standard InChI is InChI=1S/C26H27N3O4S/c1-17-7-6-10-22(18(17)2)28-26(31)24(15-19-8-4-3-5-9-19)29-34(32,33)21-12-13-23-20(16-21)11-14-25(30)27-23/h3-10,12-13,16,24,29H,11,14-15H2,1-2H3,(H,27,30)(H,28,31). The summed E-state index contributed by atoms with van der Waals surface area (Å²) in [6.07, 6.45) is 0.960. The van der Waals surface area contributed by atoms with Crippen molar-refractivity contribution < 1.29 is 18.0 Å². The molecule has 1 heterocycles. The van der Waals surface area contributed by atoms with Crippen LogP contribution in [-0.4, -0.2) is 26.3 Å². The molecule has 0 radical (unpaired) electrons. The predicted molar refractivity (Wildman–Crippen MR) is 132 cm³/mol. The van der Waals surface area contributed by atoms with E-state index in [0.717, 1.165) is 22.3 Å². The maximum atomic E-state index is 13.3. The molecule has 0 fully saturated rings. The Morgan fingerprint density at radius 2 is 1.76 bits per heavy atom. The van der Waals surface area contributed by atoms with Crippen molar-refractivity contribution in [3.8, 4) is 0 Å². The Bertz CT molecular complexity index is 1340. The van der Waals surface area contributed by atoms with Gasteiger partial charge in [0.1, 0.15) is 6.04 Å². The molecule has 1 atom stereocenters. The first-order valence-electron chi connectivity index (χ1n) is 11.1. The molecule has 0 aliphatic carbocycles. The van der Waals surface area contributed by atoms with Gasteiger partial charge in [0.25, 0.3) is 0 Å². The molecule has 3 aromatic carbocycles. The Balaban J connectivity index is 1.61. The van der Waals surface area contributed by atoms with Crippen molar-refractivity contribution in [1.82, 2.24) is 4.72 Å². The van der Waals surface area contributed by atoms with Gasteiger partial charge in [-0.25, -0.2) is 8.42 Å². The van der Waals surface area contributed by atoms with Gasteiger partial charge in [-0.15, -0.1) is 0 Å². The summed E-state index contributed by atoms with van der Waals surface area (Å²) in [6, 6.07) is 18.4. The lowest BCUT2D eigenvalue weighted by molar-refractivity contribution is -0.118. The van der Waals surface area contributed by atoms with Gasteiger partial charge in [-0.05, 0) is 73.2 Å². The van der Waals surface area contributed by atoms with Crippen LogP contribution in [0.3, 0.4) is 0 Å². The van der Waals surface area contributed by atoms with Crippen molar-refractivity contribution in [3.63, 3.8) is 0 Å². The molecule has 3 aromatic rings. The number of rotatable bonds is 7. The average molecular weight is 478 g/mol. The Hall–Kier alpha value is -3.49. The molecule has 1 aliphatic heterocycles. The van der Waals surface area contributed by atoms with E-state index in [4.69, 9.17) is 0 Å². The second-order valence-electron chi connectivity index (χ2n) is 8.47. The molecule has 7 nitrogen and oxygen atoms in total. The van der Waals surface area contributed by atoms with Gasteiger partial charge >= 0.3 is 0 Å². The number of carbonyl (C=O) groups excluding carboxylic acids is 2. The van der Waals surface area contributed by atoms with Crippen molar-refractivity contribution in [2.45, 2.75) is 44.0 Å². The van der Waals surface area contributed by atoms with Crippen LogP contribution >= 0.6 is 0 Å². The van der Waals surface area contributed by atoms with Gasteiger partial charge in [0.05, 0.1) is 4.90 Å². The molecule has 0 bridgehead atoms. The van der Waals surface area contributed by atoms with Crippen LogP contribution in [0.1, 0.15) is 28.7 Å². The second-order valence-corrected chi connectivity index (χ2v) is 10.2. The van der Waals surface area contributed by atoms with Gasteiger partial charge in [0.2, 0.25) is 21.8 Å². The lowest BCUT2D eigenvalue weighted by Crippen LogP contribution is -2.45. The lowest BCUT2D eigenvalue weighted by atomic mass is 10.0. The van der Waals surface area contributed by atoms with E-state index in [9.17, 15) is 18.0 Å². The highest BCUT2D eigenvalue weighted by atomic mass is 32.2. The number of hydrogen-bond donors (Lipinski definition) is 3. The number of carbonyl (C=O) groups is 2. The number of nitrogens with one attached hydrogen (secondary N) is 3. The first kappa shape index (κ1) is 23.7. The topological polar surface area (TPSA) is 104 Å². The molecule has 1 unspecified atom stereocenters. The highest BCUT2D eigenvalue weighted by molar-refractivity contribution is 7.89. The Morgan fingerprint density at radius 1 is 1.00 bits per heavy atom. The number of anilines is 2. The first-order chi connectivity index (χ1) is 16.2. The van der Waals surface area contributed by atoms with E-state index in [-0.39, 0.29) is 17.2 Å². The van der Waals surface area contributed by atoms with Crippen LogP contribution < -0.4 is 15.4 Å². The van der Waals surface area contributed by atoms with Crippen LogP contribution in [0.2, 0.25) is 0 Å². The molecule has 4 rings (SSSR count). The van der Waals surface area contributed by atoms with Gasteiger partial charge < -0.3 is 10.6 Å². The molecule has 0 aromatic heterocycles. The molecule has 0 saturated carbocycles. The monoisotopic (exact) mass is 477 g/mol. The number of fused-ring (bicyclic) bond motifs is 1. The van der Waals surface area contributed by atoms with Crippen LogP contribution in [0.4, 0.5) is 11.4 Å². The van der Waals surface area contributed by atoms with Crippen molar-refractivity contribution in [2.75, 3.05) is 10.6 Å². The van der Waals surface area contributed by atoms with Crippen molar-refractivity contribution >= 4 is 33.2 Å². The van der Waals surface area contributed by atoms with Crippen LogP contribution in [0.25, 0.3) is 0 Å². The van der Waals surface area contributed by atoms with Gasteiger partial charge in [-0.1, -0.05) is 42.5 Å². The third-order valence-electron chi connectivity index (χ3n) is 6.04. The van der Waals surface area contributed by atoms with Crippen LogP contribution in [0, 0.1) is 13.8 Å². The number of aryl methyl sites for hydroxylation is 2. The summed E-state index contributed by atoms with van der Waals surface area (Å²) in [4.78, 5) is 24.9. The van der Waals surface area contributed by atoms with Crippen molar-refractivity contribution in [2.24, 2.45) is 0 Å². The fraction of sp³-hybridized carbons (Fsp3) is 0.231. The summed E-state index contributed by atoms with van der Waals surface area (Å²) in [5.41, 5.74) is 4.80. The zero-order chi connectivity index (χ0) is 24.3. The maximum absolute atomic E-state index is 13.3. The van der Waals surface area contributed by atoms with Crippen LogP contribution in [0.5, 0.6) is 0 Å². The van der Waals surface area contributed by atoms with E-state index >= 15 is 0 Å². The Labute approximate surface area is 199 Å². The zero-order valence-corrected chi connectivity index (χ0v) is 19.9. The quantitative estimate of drug-likeness (QED) is 0.482. The van der Waals surface area contributed by atoms with Crippen LogP contribution in [0.15, 0.2) is 71.6 Å². The fourth-order valence-corrected chi connectivity index (χ4v) is 5.17. The van der Waals surface area contributed by atoms with Crippen molar-refractivity contribution in [3.05, 3.63) is 89.0 Å². The second kappa shape index (κ2) is 9.79. The third-order valence-corrected chi connectivity index (χ3v) is 7.51. The highest BCUT2D eigenvalue weighted by Crippen LogP contribution is 2.26. The SMILES string of the molecule is Cc1cccc(NC(=O)C(Cc2ccccc2)NS(=O)(=O)c2ccc3c(c2)CCC(=O)N3)c1C. The maximum Gasteiger partial charge on any atom is 0.242 e. The summed E-state index contributed by atoms with van der Waals surface area (Å²) >= 11 is 0. The molecular weight excluding hydrogens is 450 g/mol. The summed E-state index contributed by atoms with van der Waals surface area (Å²) in [7, 11) is -4.01. The molecule has 2 amide bonds. The largest absolute Gasteiger partial charge is 0.326 e. The molecule has 0 spiro atoms. The minimum absolute atomic E-state index is 0.0556. The summed E-state index contributed by atoms with van der Waals surface area (Å²) < 4.78 is 29.2. The van der Waals surface area contributed by atoms with Gasteiger partial charge in [-0.3, -0.25) is 9.59 Å². The van der Waals surface area contributed by atoms with Crippen molar-refractivity contribution in [1.29, 1.82) is 0 Å². The van der Waals surface area contributed by atoms with E-state index in [1.165, 1.54) is 6.07 Å².